The molecule has 0 aliphatic carbocycles. The van der Waals surface area contributed by atoms with Gasteiger partial charge in [0, 0.05) is 56.6 Å². The van der Waals surface area contributed by atoms with Gasteiger partial charge in [0.1, 0.15) is 0 Å². The third kappa shape index (κ3) is 19.2. The molecule has 0 radical (unpaired) electrons. The molecule has 0 fully saturated rings. The van der Waals surface area contributed by atoms with Gasteiger partial charge in [-0.25, -0.2) is 9.59 Å². The van der Waals surface area contributed by atoms with Crippen LogP contribution >= 0.6 is 22.7 Å². The molecule has 6 N–H and O–H groups in total. The molecular formula is C42H62N2O6S2. The molecule has 4 atom stereocenters. The lowest BCUT2D eigenvalue weighted by Crippen LogP contribution is -2.34. The molecule has 0 aliphatic rings. The molecule has 0 spiro atoms. The second kappa shape index (κ2) is 28.5. The Morgan fingerprint density at radius 1 is 0.635 bits per heavy atom. The zero-order chi connectivity index (χ0) is 37.8. The number of carbonyl (C=O) groups excluding carboxylic acids is 2. The summed E-state index contributed by atoms with van der Waals surface area (Å²) in [6.07, 6.45) is 21.7. The summed E-state index contributed by atoms with van der Waals surface area (Å²) in [4.78, 5) is 26.8. The highest BCUT2D eigenvalue weighted by atomic mass is 32.1. The zero-order valence-corrected chi connectivity index (χ0v) is 33.0. The lowest BCUT2D eigenvalue weighted by molar-refractivity contribution is -0.147. The van der Waals surface area contributed by atoms with E-state index in [1.807, 2.05) is 22.9 Å². The first-order chi connectivity index (χ1) is 25.3. The van der Waals surface area contributed by atoms with Crippen LogP contribution in [0, 0.1) is 23.7 Å². The molecular weight excluding hydrogens is 693 g/mol. The fourth-order valence-electron chi connectivity index (χ4n) is 5.53. The minimum atomic E-state index is -0.928. The molecule has 2 unspecified atom stereocenters. The summed E-state index contributed by atoms with van der Waals surface area (Å²) in [6.45, 7) is 3.64. The maximum Gasteiger partial charge on any atom is 0.331 e. The summed E-state index contributed by atoms with van der Waals surface area (Å²) in [7, 11) is 0. The Balaban J connectivity index is 1.88. The average Bonchev–Trinajstić information content (AvgIpc) is 3.83. The lowest BCUT2D eigenvalue weighted by atomic mass is 10.1. The highest BCUT2D eigenvalue weighted by molar-refractivity contribution is 7.10. The van der Waals surface area contributed by atoms with E-state index in [0.29, 0.717) is 9.75 Å². The Morgan fingerprint density at radius 2 is 0.981 bits per heavy atom. The van der Waals surface area contributed by atoms with Crippen LogP contribution in [0.3, 0.4) is 0 Å². The molecule has 2 heterocycles. The van der Waals surface area contributed by atoms with Crippen LogP contribution in [-0.4, -0.2) is 47.4 Å². The monoisotopic (exact) mass is 754 g/mol. The summed E-state index contributed by atoms with van der Waals surface area (Å²) < 4.78 is 11.1. The van der Waals surface area contributed by atoms with E-state index < -0.39 is 49.4 Å². The van der Waals surface area contributed by atoms with Crippen molar-refractivity contribution in [1.29, 1.82) is 0 Å². The maximum absolute atomic E-state index is 12.8. The number of ether oxygens (including phenoxy) is 2. The van der Waals surface area contributed by atoms with Gasteiger partial charge in [0.15, 0.2) is 12.2 Å². The summed E-state index contributed by atoms with van der Waals surface area (Å²) in [6, 6.07) is 1.88. The van der Waals surface area contributed by atoms with Gasteiger partial charge in [-0.1, -0.05) is 127 Å². The number of carbonyl (C=O) groups is 2. The van der Waals surface area contributed by atoms with Gasteiger partial charge < -0.3 is 31.2 Å². The number of hydrogen-bond donors (Lipinski definition) is 4. The van der Waals surface area contributed by atoms with Crippen LogP contribution in [0.2, 0.25) is 0 Å². The Morgan fingerprint density at radius 3 is 1.33 bits per heavy atom. The first-order valence-corrected chi connectivity index (χ1v) is 21.1. The van der Waals surface area contributed by atoms with E-state index in [9.17, 15) is 19.8 Å². The molecule has 0 aromatic carbocycles. The van der Waals surface area contributed by atoms with E-state index in [0.717, 1.165) is 49.0 Å². The fraction of sp³-hybridized carbons (Fsp3) is 0.619. The van der Waals surface area contributed by atoms with E-state index in [2.05, 4.69) is 37.5 Å². The Bertz CT molecular complexity index is 1320. The molecule has 2 aromatic rings. The van der Waals surface area contributed by atoms with Gasteiger partial charge in [-0.15, -0.1) is 22.7 Å². The van der Waals surface area contributed by atoms with Gasteiger partial charge >= 0.3 is 11.9 Å². The topological polar surface area (TPSA) is 145 Å². The molecule has 0 bridgehead atoms. The molecule has 288 valence electrons. The number of aliphatic hydroxyl groups excluding tert-OH is 2. The molecule has 0 aliphatic heterocycles. The molecule has 52 heavy (non-hydrogen) atoms. The molecule has 2 rings (SSSR count). The van der Waals surface area contributed by atoms with E-state index in [1.54, 1.807) is 0 Å². The normalized spacial score (nSPS) is 13.4. The van der Waals surface area contributed by atoms with Crippen molar-refractivity contribution in [2.24, 2.45) is 11.5 Å². The molecule has 0 saturated carbocycles. The molecule has 0 saturated heterocycles. The molecule has 10 heteroatoms. The summed E-state index contributed by atoms with van der Waals surface area (Å²) in [5.41, 5.74) is 13.8. The number of rotatable bonds is 26. The van der Waals surface area contributed by atoms with E-state index in [-0.39, 0.29) is 0 Å². The van der Waals surface area contributed by atoms with Gasteiger partial charge in [0.2, 0.25) is 0 Å². The van der Waals surface area contributed by atoms with Crippen LogP contribution in [0.4, 0.5) is 0 Å². The van der Waals surface area contributed by atoms with Crippen molar-refractivity contribution < 1.29 is 29.3 Å². The number of thiophene rings is 2. The van der Waals surface area contributed by atoms with Gasteiger partial charge in [-0.05, 0) is 25.0 Å². The van der Waals surface area contributed by atoms with E-state index >= 15 is 0 Å². The van der Waals surface area contributed by atoms with Gasteiger partial charge in [-0.3, -0.25) is 0 Å². The van der Waals surface area contributed by atoms with Crippen LogP contribution < -0.4 is 11.5 Å². The van der Waals surface area contributed by atoms with Gasteiger partial charge in [-0.2, -0.15) is 0 Å². The van der Waals surface area contributed by atoms with Crippen molar-refractivity contribution in [3.05, 3.63) is 55.9 Å². The standard InChI is InChI=1S/C42H62N2O6S2/c1-3-5-7-9-11-13-15-17-19-21-23-33-27-37(51-31-33)41(35(43)29-45)49-39(47)25-26-40(48)50-42(36(44)30-46)38-28-34(32-52-38)24-22-20-18-16-14-12-10-8-6-4-2/h25-28,31-32,35-36,41-42,45-46H,3-20,29-30,43-44H2,1-2H3/b26-25-/t35-,36-,41?,42?/m1/s1. The van der Waals surface area contributed by atoms with Crippen molar-refractivity contribution in [2.75, 3.05) is 13.2 Å². The minimum absolute atomic E-state index is 0.409. The Labute approximate surface area is 320 Å². The van der Waals surface area contributed by atoms with Crippen molar-refractivity contribution in [2.45, 2.75) is 154 Å². The van der Waals surface area contributed by atoms with Crippen molar-refractivity contribution in [3.8, 4) is 23.7 Å². The summed E-state index contributed by atoms with van der Waals surface area (Å²) >= 11 is 2.68. The first-order valence-electron chi connectivity index (χ1n) is 19.3. The predicted octanol–water partition coefficient (Wildman–Crippen LogP) is 8.64. The number of esters is 2. The second-order valence-corrected chi connectivity index (χ2v) is 15.2. The van der Waals surface area contributed by atoms with Crippen molar-refractivity contribution in [1.82, 2.24) is 0 Å². The number of nitrogens with two attached hydrogens (primary N) is 2. The number of unbranched alkanes of at least 4 members (excludes halogenated alkanes) is 16. The minimum Gasteiger partial charge on any atom is -0.452 e. The lowest BCUT2D eigenvalue weighted by Gasteiger charge is -2.21. The highest BCUT2D eigenvalue weighted by Crippen LogP contribution is 2.29. The van der Waals surface area contributed by atoms with E-state index in [4.69, 9.17) is 20.9 Å². The summed E-state index contributed by atoms with van der Waals surface area (Å²) in [5.74, 6) is 11.1. The first kappa shape index (κ1) is 45.2. The third-order valence-electron chi connectivity index (χ3n) is 8.62. The van der Waals surface area contributed by atoms with Crippen LogP contribution in [-0.2, 0) is 19.1 Å². The Kier molecular flexibility index (Phi) is 24.8. The molecule has 2 aromatic heterocycles. The Hall–Kier alpha value is -2.96. The number of aliphatic hydroxyl groups is 2. The smallest absolute Gasteiger partial charge is 0.331 e. The molecule has 0 amide bonds. The van der Waals surface area contributed by atoms with Crippen LogP contribution in [0.15, 0.2) is 35.0 Å². The molecule has 8 nitrogen and oxygen atoms in total. The zero-order valence-electron chi connectivity index (χ0n) is 31.4. The van der Waals surface area contributed by atoms with E-state index in [1.165, 1.54) is 113 Å². The largest absolute Gasteiger partial charge is 0.452 e. The maximum atomic E-state index is 12.8. The summed E-state index contributed by atoms with van der Waals surface area (Å²) in [5, 5.41) is 23.2. The van der Waals surface area contributed by atoms with Crippen LogP contribution in [0.25, 0.3) is 0 Å². The quantitative estimate of drug-likeness (QED) is 0.0323. The third-order valence-corrected chi connectivity index (χ3v) is 10.6. The van der Waals surface area contributed by atoms with Gasteiger partial charge in [0.05, 0.1) is 25.3 Å². The van der Waals surface area contributed by atoms with Gasteiger partial charge in [0.25, 0.3) is 0 Å². The average molecular weight is 755 g/mol. The number of hydrogen-bond acceptors (Lipinski definition) is 10. The fourth-order valence-corrected chi connectivity index (χ4v) is 7.41. The SMILES string of the molecule is CCCCCCCCCCC#Cc1csc(C(OC(=O)/C=C\C(=O)OC(c2cc(C#CCCCCCCCCCC)cs2)[C@H](N)CO)[C@H](N)CO)c1. The highest BCUT2D eigenvalue weighted by Gasteiger charge is 2.26. The second-order valence-electron chi connectivity index (χ2n) is 13.3. The van der Waals surface area contributed by atoms with Crippen molar-refractivity contribution >= 4 is 34.6 Å². The van der Waals surface area contributed by atoms with Crippen molar-refractivity contribution in [3.63, 3.8) is 0 Å². The van der Waals surface area contributed by atoms with Crippen LogP contribution in [0.1, 0.15) is 163 Å². The predicted molar refractivity (Wildman–Crippen MR) is 214 cm³/mol. The van der Waals surface area contributed by atoms with Crippen LogP contribution in [0.5, 0.6) is 0 Å².